The fraction of sp³-hybridized carbons (Fsp3) is 0.278. The summed E-state index contributed by atoms with van der Waals surface area (Å²) in [6.45, 7) is 1.89. The molecule has 0 fully saturated rings. The van der Waals surface area contributed by atoms with Crippen LogP contribution in [0.5, 0.6) is 0 Å². The fourth-order valence-electron chi connectivity index (χ4n) is 2.92. The van der Waals surface area contributed by atoms with Crippen LogP contribution in [0.4, 0.5) is 0 Å². The largest absolute Gasteiger partial charge is 0.390 e. The molecule has 3 nitrogen and oxygen atoms in total. The summed E-state index contributed by atoms with van der Waals surface area (Å²) in [5.74, 6) is -0.284. The highest BCUT2D eigenvalue weighted by atomic mass is 16.3. The minimum atomic E-state index is -0.547. The highest BCUT2D eigenvalue weighted by Crippen LogP contribution is 2.31. The average Bonchev–Trinajstić information content (AvgIpc) is 2.83. The van der Waals surface area contributed by atoms with Gasteiger partial charge in [-0.15, -0.1) is 0 Å². The molecule has 0 aromatic heterocycles. The molecule has 1 amide bonds. The first kappa shape index (κ1) is 13.8. The van der Waals surface area contributed by atoms with Gasteiger partial charge in [-0.1, -0.05) is 54.6 Å². The quantitative estimate of drug-likeness (QED) is 0.908. The molecular formula is C18H19NO2. The zero-order chi connectivity index (χ0) is 14.8. The van der Waals surface area contributed by atoms with Gasteiger partial charge in [-0.2, -0.15) is 0 Å². The molecule has 0 bridgehead atoms. The Morgan fingerprint density at radius 1 is 1.14 bits per heavy atom. The molecule has 0 saturated carbocycles. The molecule has 3 rings (SSSR count). The number of fused-ring (bicyclic) bond motifs is 1. The minimum Gasteiger partial charge on any atom is -0.390 e. The molecule has 108 valence electrons. The monoisotopic (exact) mass is 281 g/mol. The lowest BCUT2D eigenvalue weighted by Crippen LogP contribution is -2.36. The third kappa shape index (κ3) is 2.69. The normalized spacial score (nSPS) is 21.6. The van der Waals surface area contributed by atoms with E-state index in [0.29, 0.717) is 6.42 Å². The molecule has 0 radical (unpaired) electrons. The molecule has 21 heavy (non-hydrogen) atoms. The van der Waals surface area contributed by atoms with Crippen molar-refractivity contribution in [2.45, 2.75) is 31.4 Å². The van der Waals surface area contributed by atoms with Crippen LogP contribution in [0.15, 0.2) is 54.6 Å². The van der Waals surface area contributed by atoms with Crippen LogP contribution in [0.3, 0.4) is 0 Å². The van der Waals surface area contributed by atoms with Crippen LogP contribution in [0.2, 0.25) is 0 Å². The summed E-state index contributed by atoms with van der Waals surface area (Å²) in [4.78, 5) is 12.4. The summed E-state index contributed by atoms with van der Waals surface area (Å²) in [5.41, 5.74) is 3.12. The van der Waals surface area contributed by atoms with Crippen LogP contribution in [0.25, 0.3) is 0 Å². The molecule has 3 heteroatoms. The SMILES string of the molecule is CC(C(=O)N[C@@H]1c2ccccc2C[C@H]1O)c1ccccc1. The second-order valence-corrected chi connectivity index (χ2v) is 5.59. The van der Waals surface area contributed by atoms with Gasteiger partial charge in [-0.05, 0) is 23.6 Å². The summed E-state index contributed by atoms with van der Waals surface area (Å²) in [7, 11) is 0. The van der Waals surface area contributed by atoms with Gasteiger partial charge >= 0.3 is 0 Å². The number of hydrogen-bond acceptors (Lipinski definition) is 2. The molecule has 2 N–H and O–H groups in total. The van der Waals surface area contributed by atoms with Gasteiger partial charge in [-0.3, -0.25) is 4.79 Å². The standard InChI is InChI=1S/C18H19NO2/c1-12(13-7-3-2-4-8-13)18(21)19-17-15-10-6-5-9-14(15)11-16(17)20/h2-10,12,16-17,20H,11H2,1H3,(H,19,21)/t12?,16-,17-/m1/s1. The predicted octanol–water partition coefficient (Wildman–Crippen LogP) is 2.56. The first-order valence-corrected chi connectivity index (χ1v) is 7.28. The number of carbonyl (C=O) groups is 1. The number of hydrogen-bond donors (Lipinski definition) is 2. The maximum Gasteiger partial charge on any atom is 0.227 e. The average molecular weight is 281 g/mol. The van der Waals surface area contributed by atoms with E-state index < -0.39 is 6.10 Å². The second kappa shape index (κ2) is 5.70. The summed E-state index contributed by atoms with van der Waals surface area (Å²) in [6, 6.07) is 17.3. The summed E-state index contributed by atoms with van der Waals surface area (Å²) in [6.07, 6.45) is 0.0511. The van der Waals surface area contributed by atoms with Crippen LogP contribution in [-0.2, 0) is 11.2 Å². The van der Waals surface area contributed by atoms with E-state index in [-0.39, 0.29) is 17.9 Å². The van der Waals surface area contributed by atoms with Crippen LogP contribution in [0.1, 0.15) is 35.6 Å². The van der Waals surface area contributed by atoms with Gasteiger partial charge in [-0.25, -0.2) is 0 Å². The van der Waals surface area contributed by atoms with Gasteiger partial charge in [0.05, 0.1) is 18.1 Å². The van der Waals surface area contributed by atoms with Crippen molar-refractivity contribution >= 4 is 5.91 Å². The van der Waals surface area contributed by atoms with Gasteiger partial charge < -0.3 is 10.4 Å². The fourth-order valence-corrected chi connectivity index (χ4v) is 2.92. The topological polar surface area (TPSA) is 49.3 Å². The van der Waals surface area contributed by atoms with Crippen LogP contribution in [0, 0.1) is 0 Å². The molecule has 1 unspecified atom stereocenters. The maximum absolute atomic E-state index is 12.4. The zero-order valence-electron chi connectivity index (χ0n) is 12.0. The smallest absolute Gasteiger partial charge is 0.227 e. The molecule has 0 spiro atoms. The lowest BCUT2D eigenvalue weighted by Gasteiger charge is -2.21. The van der Waals surface area contributed by atoms with Crippen molar-refractivity contribution in [3.63, 3.8) is 0 Å². The third-order valence-electron chi connectivity index (χ3n) is 4.19. The van der Waals surface area contributed by atoms with Crippen LogP contribution >= 0.6 is 0 Å². The first-order chi connectivity index (χ1) is 10.2. The number of benzene rings is 2. The van der Waals surface area contributed by atoms with E-state index in [4.69, 9.17) is 0 Å². The minimum absolute atomic E-state index is 0.0537. The van der Waals surface area contributed by atoms with Crippen molar-refractivity contribution in [2.75, 3.05) is 0 Å². The molecule has 2 aromatic rings. The Labute approximate surface area is 124 Å². The van der Waals surface area contributed by atoms with Crippen molar-refractivity contribution < 1.29 is 9.90 Å². The highest BCUT2D eigenvalue weighted by Gasteiger charge is 2.32. The lowest BCUT2D eigenvalue weighted by molar-refractivity contribution is -0.123. The molecule has 0 heterocycles. The predicted molar refractivity (Wildman–Crippen MR) is 81.9 cm³/mol. The first-order valence-electron chi connectivity index (χ1n) is 7.28. The summed E-state index contributed by atoms with van der Waals surface area (Å²) >= 11 is 0. The van der Waals surface area contributed by atoms with E-state index in [1.165, 1.54) is 0 Å². The number of aliphatic hydroxyl groups is 1. The van der Waals surface area contributed by atoms with E-state index >= 15 is 0 Å². The van der Waals surface area contributed by atoms with E-state index in [1.807, 2.05) is 61.5 Å². The maximum atomic E-state index is 12.4. The molecule has 0 saturated heterocycles. The Hall–Kier alpha value is -2.13. The number of nitrogens with one attached hydrogen (secondary N) is 1. The summed E-state index contributed by atoms with van der Waals surface area (Å²) in [5, 5.41) is 13.2. The lowest BCUT2D eigenvalue weighted by atomic mass is 9.99. The Kier molecular flexibility index (Phi) is 3.76. The van der Waals surface area contributed by atoms with Crippen molar-refractivity contribution in [3.05, 3.63) is 71.3 Å². The van der Waals surface area contributed by atoms with Crippen molar-refractivity contribution in [2.24, 2.45) is 0 Å². The Morgan fingerprint density at radius 3 is 2.57 bits per heavy atom. The van der Waals surface area contributed by atoms with Gasteiger partial charge in [0.15, 0.2) is 0 Å². The summed E-state index contributed by atoms with van der Waals surface area (Å²) < 4.78 is 0. The number of amides is 1. The van der Waals surface area contributed by atoms with Crippen LogP contribution < -0.4 is 5.32 Å². The van der Waals surface area contributed by atoms with Crippen LogP contribution in [-0.4, -0.2) is 17.1 Å². The Morgan fingerprint density at radius 2 is 1.81 bits per heavy atom. The molecular weight excluding hydrogens is 262 g/mol. The van der Waals surface area contributed by atoms with Gasteiger partial charge in [0.2, 0.25) is 5.91 Å². The number of rotatable bonds is 3. The van der Waals surface area contributed by atoms with Gasteiger partial charge in [0.1, 0.15) is 0 Å². The number of carbonyl (C=O) groups excluding carboxylic acids is 1. The van der Waals surface area contributed by atoms with E-state index in [1.54, 1.807) is 0 Å². The molecule has 1 aliphatic rings. The molecule has 3 atom stereocenters. The molecule has 0 aliphatic heterocycles. The van der Waals surface area contributed by atoms with Gasteiger partial charge in [0.25, 0.3) is 0 Å². The Bertz CT molecular complexity index is 639. The van der Waals surface area contributed by atoms with Crippen molar-refractivity contribution in [1.29, 1.82) is 0 Å². The van der Waals surface area contributed by atoms with E-state index in [9.17, 15) is 9.90 Å². The number of aliphatic hydroxyl groups excluding tert-OH is 1. The van der Waals surface area contributed by atoms with E-state index in [0.717, 1.165) is 16.7 Å². The molecule has 1 aliphatic carbocycles. The zero-order valence-corrected chi connectivity index (χ0v) is 12.0. The second-order valence-electron chi connectivity index (χ2n) is 5.59. The Balaban J connectivity index is 1.76. The third-order valence-corrected chi connectivity index (χ3v) is 4.19. The highest BCUT2D eigenvalue weighted by molar-refractivity contribution is 5.83. The van der Waals surface area contributed by atoms with Crippen molar-refractivity contribution in [1.82, 2.24) is 5.32 Å². The van der Waals surface area contributed by atoms with E-state index in [2.05, 4.69) is 5.32 Å². The molecule has 2 aromatic carbocycles. The van der Waals surface area contributed by atoms with Crippen molar-refractivity contribution in [3.8, 4) is 0 Å². The van der Waals surface area contributed by atoms with Gasteiger partial charge in [0, 0.05) is 6.42 Å².